The number of benzene rings is 3. The zero-order valence-corrected chi connectivity index (χ0v) is 22.0. The molecular weight excluding hydrogens is 512 g/mol. The van der Waals surface area contributed by atoms with Gasteiger partial charge in [0.15, 0.2) is 17.4 Å². The van der Waals surface area contributed by atoms with Crippen LogP contribution in [0.4, 0.5) is 14.6 Å². The average Bonchev–Trinajstić information content (AvgIpc) is 3.27. The summed E-state index contributed by atoms with van der Waals surface area (Å²) in [4.78, 5) is 35.0. The van der Waals surface area contributed by atoms with Gasteiger partial charge in [-0.1, -0.05) is 36.4 Å². The van der Waals surface area contributed by atoms with Crippen molar-refractivity contribution in [1.29, 1.82) is 0 Å². The van der Waals surface area contributed by atoms with Crippen molar-refractivity contribution in [2.24, 2.45) is 0 Å². The Morgan fingerprint density at radius 3 is 2.60 bits per heavy atom. The zero-order valence-electron chi connectivity index (χ0n) is 22.0. The summed E-state index contributed by atoms with van der Waals surface area (Å²) in [6.45, 7) is 2.27. The Labute approximate surface area is 230 Å². The number of nitrogens with one attached hydrogen (secondary N) is 1. The van der Waals surface area contributed by atoms with Gasteiger partial charge in [0.25, 0.3) is 0 Å². The van der Waals surface area contributed by atoms with E-state index in [-0.39, 0.29) is 31.0 Å². The number of nitrogen functional groups attached to an aromatic ring is 1. The van der Waals surface area contributed by atoms with Gasteiger partial charge < -0.3 is 15.6 Å². The molecule has 0 unspecified atom stereocenters. The first-order valence-corrected chi connectivity index (χ1v) is 13.1. The molecule has 2 aromatic heterocycles. The van der Waals surface area contributed by atoms with Gasteiger partial charge >= 0.3 is 0 Å². The molecule has 0 saturated heterocycles. The maximum atomic E-state index is 13.9. The number of fused-ring (bicyclic) bond motifs is 2. The van der Waals surface area contributed by atoms with Gasteiger partial charge in [0.1, 0.15) is 11.6 Å². The maximum absolute atomic E-state index is 13.9. The molecule has 0 radical (unpaired) electrons. The van der Waals surface area contributed by atoms with Crippen LogP contribution >= 0.6 is 0 Å². The van der Waals surface area contributed by atoms with Crippen LogP contribution in [0.2, 0.25) is 0 Å². The van der Waals surface area contributed by atoms with Gasteiger partial charge in [-0.25, -0.2) is 18.7 Å². The maximum Gasteiger partial charge on any atom is 0.222 e. The Bertz CT molecular complexity index is 1720. The van der Waals surface area contributed by atoms with Crippen molar-refractivity contribution in [1.82, 2.24) is 19.9 Å². The summed E-state index contributed by atoms with van der Waals surface area (Å²) < 4.78 is 29.4. The minimum Gasteiger partial charge on any atom is -0.383 e. The van der Waals surface area contributed by atoms with Crippen molar-refractivity contribution in [3.8, 4) is 0 Å². The number of aromatic nitrogens is 3. The number of hydrogen-bond donors (Lipinski definition) is 2. The molecule has 0 aliphatic carbocycles. The number of amides is 1. The molecular formula is C31H29F2N5O2. The fourth-order valence-corrected chi connectivity index (χ4v) is 4.95. The first-order chi connectivity index (χ1) is 19.3. The van der Waals surface area contributed by atoms with Crippen LogP contribution < -0.4 is 11.1 Å². The molecule has 0 aliphatic rings. The number of anilines is 1. The molecule has 3 aromatic carbocycles. The minimum absolute atomic E-state index is 0.0503. The molecule has 0 bridgehead atoms. The van der Waals surface area contributed by atoms with Gasteiger partial charge in [0.05, 0.1) is 17.1 Å². The molecule has 0 fully saturated rings. The highest BCUT2D eigenvalue weighted by molar-refractivity contribution is 5.92. The molecule has 0 saturated carbocycles. The van der Waals surface area contributed by atoms with Gasteiger partial charge in [-0.3, -0.25) is 9.59 Å². The number of para-hydroxylation sites is 2. The first kappa shape index (κ1) is 26.9. The Morgan fingerprint density at radius 2 is 1.77 bits per heavy atom. The summed E-state index contributed by atoms with van der Waals surface area (Å²) in [6.07, 6.45) is 2.42. The molecule has 5 aromatic rings. The second-order valence-electron chi connectivity index (χ2n) is 9.84. The number of rotatable bonds is 10. The van der Waals surface area contributed by atoms with Gasteiger partial charge in [-0.05, 0) is 66.6 Å². The zero-order chi connectivity index (χ0) is 28.2. The summed E-state index contributed by atoms with van der Waals surface area (Å²) in [5.74, 6) is -1.25. The number of imidazole rings is 1. The monoisotopic (exact) mass is 541 g/mol. The number of nitrogens with two attached hydrogens (primary N) is 1. The third-order valence-corrected chi connectivity index (χ3v) is 7.08. The summed E-state index contributed by atoms with van der Waals surface area (Å²) in [5, 5.41) is 4.60. The van der Waals surface area contributed by atoms with Gasteiger partial charge in [-0.15, -0.1) is 0 Å². The van der Waals surface area contributed by atoms with E-state index in [1.807, 2.05) is 60.0 Å². The number of aryl methyl sites for hydroxylation is 3. The second kappa shape index (κ2) is 11.6. The first-order valence-electron chi connectivity index (χ1n) is 13.1. The molecule has 5 rings (SSSR count). The van der Waals surface area contributed by atoms with Crippen LogP contribution in [0.15, 0.2) is 72.9 Å². The van der Waals surface area contributed by atoms with Crippen molar-refractivity contribution < 1.29 is 18.4 Å². The highest BCUT2D eigenvalue weighted by Crippen LogP contribution is 2.21. The Balaban J connectivity index is 1.29. The van der Waals surface area contributed by atoms with Gasteiger partial charge in [0, 0.05) is 31.0 Å². The molecule has 40 heavy (non-hydrogen) atoms. The topological polar surface area (TPSA) is 103 Å². The summed E-state index contributed by atoms with van der Waals surface area (Å²) >= 11 is 0. The highest BCUT2D eigenvalue weighted by atomic mass is 19.2. The van der Waals surface area contributed by atoms with Crippen LogP contribution in [0.25, 0.3) is 21.8 Å². The number of hydrogen-bond acceptors (Lipinski definition) is 5. The van der Waals surface area contributed by atoms with E-state index in [1.165, 1.54) is 6.07 Å². The molecule has 0 spiro atoms. The van der Waals surface area contributed by atoms with Crippen LogP contribution in [0.3, 0.4) is 0 Å². The third kappa shape index (κ3) is 5.98. The highest BCUT2D eigenvalue weighted by Gasteiger charge is 2.22. The predicted molar refractivity (Wildman–Crippen MR) is 151 cm³/mol. The van der Waals surface area contributed by atoms with Gasteiger partial charge in [0.2, 0.25) is 5.91 Å². The third-order valence-electron chi connectivity index (χ3n) is 7.08. The Hall–Kier alpha value is -4.66. The standard InChI is InChI=1S/C31H29F2N5O2/c1-19-36-26-4-2-3-5-28(26)38(19)15-13-30(40)37-27(18-21-7-10-24(32)25(33)17-21)29(39)11-8-20-6-9-23-22(16-20)12-14-35-31(23)34/h2-7,9-10,12,14,16-17,27H,8,11,13,15,18H2,1H3,(H2,34,35)(H,37,40)/t27-/m0/s1. The molecule has 1 amide bonds. The van der Waals surface area contributed by atoms with Crippen LogP contribution in [0.5, 0.6) is 0 Å². The number of pyridine rings is 1. The van der Waals surface area contributed by atoms with Crippen molar-refractivity contribution in [2.45, 2.75) is 45.2 Å². The number of carbonyl (C=O) groups is 2. The largest absolute Gasteiger partial charge is 0.383 e. The molecule has 9 heteroatoms. The van der Waals surface area contributed by atoms with E-state index in [1.54, 1.807) is 6.20 Å². The molecule has 2 heterocycles. The van der Waals surface area contributed by atoms with Gasteiger partial charge in [-0.2, -0.15) is 0 Å². The number of halogens is 2. The Morgan fingerprint density at radius 1 is 0.975 bits per heavy atom. The van der Waals surface area contributed by atoms with Crippen LogP contribution in [0.1, 0.15) is 29.8 Å². The van der Waals surface area contributed by atoms with E-state index in [9.17, 15) is 18.4 Å². The average molecular weight is 542 g/mol. The number of nitrogens with zero attached hydrogens (tertiary/aromatic N) is 3. The van der Waals surface area contributed by atoms with E-state index >= 15 is 0 Å². The molecule has 204 valence electrons. The molecule has 7 nitrogen and oxygen atoms in total. The lowest BCUT2D eigenvalue weighted by Crippen LogP contribution is -2.42. The van der Waals surface area contributed by atoms with E-state index in [2.05, 4.69) is 15.3 Å². The van der Waals surface area contributed by atoms with E-state index in [0.717, 1.165) is 45.3 Å². The number of Topliss-reactive ketones (excluding diaryl/α,β-unsaturated/α-hetero) is 1. The van der Waals surface area contributed by atoms with E-state index < -0.39 is 17.7 Å². The lowest BCUT2D eigenvalue weighted by molar-refractivity contribution is -0.128. The van der Waals surface area contributed by atoms with Crippen LogP contribution in [-0.2, 0) is 29.0 Å². The van der Waals surface area contributed by atoms with Crippen molar-refractivity contribution >= 4 is 39.3 Å². The van der Waals surface area contributed by atoms with Crippen LogP contribution in [0, 0.1) is 18.6 Å². The summed E-state index contributed by atoms with van der Waals surface area (Å²) in [6, 6.07) is 17.9. The lowest BCUT2D eigenvalue weighted by Gasteiger charge is -2.19. The molecule has 0 aliphatic heterocycles. The second-order valence-corrected chi connectivity index (χ2v) is 9.84. The summed E-state index contributed by atoms with van der Waals surface area (Å²) in [7, 11) is 0. The number of carbonyl (C=O) groups excluding carboxylic acids is 2. The van der Waals surface area contributed by atoms with E-state index in [4.69, 9.17) is 5.73 Å². The lowest BCUT2D eigenvalue weighted by atomic mass is 9.96. The molecule has 3 N–H and O–H groups in total. The predicted octanol–water partition coefficient (Wildman–Crippen LogP) is 5.07. The van der Waals surface area contributed by atoms with Crippen LogP contribution in [-0.4, -0.2) is 32.3 Å². The minimum atomic E-state index is -0.998. The fraction of sp³-hybridized carbons (Fsp3) is 0.226. The van der Waals surface area contributed by atoms with Crippen molar-refractivity contribution in [3.05, 3.63) is 102 Å². The quantitative estimate of drug-likeness (QED) is 0.257. The Kier molecular flexibility index (Phi) is 7.82. The normalized spacial score (nSPS) is 12.1. The fourth-order valence-electron chi connectivity index (χ4n) is 4.95. The number of ketones is 1. The summed E-state index contributed by atoms with van der Waals surface area (Å²) in [5.41, 5.74) is 9.07. The smallest absolute Gasteiger partial charge is 0.222 e. The molecule has 1 atom stereocenters. The van der Waals surface area contributed by atoms with E-state index in [0.29, 0.717) is 24.3 Å². The van der Waals surface area contributed by atoms with Crippen molar-refractivity contribution in [2.75, 3.05) is 5.73 Å². The van der Waals surface area contributed by atoms with Crippen molar-refractivity contribution in [3.63, 3.8) is 0 Å². The SMILES string of the molecule is Cc1nc2ccccc2n1CCC(=O)N[C@@H](Cc1ccc(F)c(F)c1)C(=O)CCc1ccc2c(N)nccc2c1.